The van der Waals surface area contributed by atoms with E-state index >= 15 is 0 Å². The van der Waals surface area contributed by atoms with Crippen molar-refractivity contribution in [2.75, 3.05) is 7.11 Å². The Hall–Kier alpha value is -1.02. The molecule has 0 spiro atoms. The Kier molecular flexibility index (Phi) is 4.81. The predicted molar refractivity (Wildman–Crippen MR) is 68.9 cm³/mol. The fourth-order valence-corrected chi connectivity index (χ4v) is 1.86. The van der Waals surface area contributed by atoms with Crippen LogP contribution in [0.1, 0.15) is 48.9 Å². The van der Waals surface area contributed by atoms with Gasteiger partial charge in [0.15, 0.2) is 0 Å². The van der Waals surface area contributed by atoms with Gasteiger partial charge in [0.1, 0.15) is 5.75 Å². The average Bonchev–Trinajstić information content (AvgIpc) is 2.28. The zero-order chi connectivity index (χ0) is 12.1. The van der Waals surface area contributed by atoms with Crippen LogP contribution in [0.15, 0.2) is 12.1 Å². The van der Waals surface area contributed by atoms with E-state index in [1.54, 1.807) is 7.11 Å². The molecule has 1 aromatic rings. The second-order valence-electron chi connectivity index (χ2n) is 4.43. The maximum atomic E-state index is 6.20. The lowest BCUT2D eigenvalue weighted by molar-refractivity contribution is 0.403. The number of aryl methyl sites for hydroxylation is 2. The molecule has 1 aromatic carbocycles. The summed E-state index contributed by atoms with van der Waals surface area (Å²) in [5.74, 6) is 0.923. The highest BCUT2D eigenvalue weighted by atomic mass is 16.5. The third kappa shape index (κ3) is 2.99. The van der Waals surface area contributed by atoms with E-state index in [0.717, 1.165) is 24.2 Å². The Morgan fingerprint density at radius 2 is 1.88 bits per heavy atom. The van der Waals surface area contributed by atoms with Crippen molar-refractivity contribution in [3.05, 3.63) is 28.8 Å². The van der Waals surface area contributed by atoms with Crippen LogP contribution in [-0.4, -0.2) is 7.11 Å². The molecule has 0 saturated heterocycles. The first-order chi connectivity index (χ1) is 7.60. The van der Waals surface area contributed by atoms with Crippen molar-refractivity contribution in [1.82, 2.24) is 0 Å². The van der Waals surface area contributed by atoms with Crippen LogP contribution in [-0.2, 0) is 0 Å². The molecule has 2 heteroatoms. The topological polar surface area (TPSA) is 35.2 Å². The van der Waals surface area contributed by atoms with Crippen LogP contribution in [0.4, 0.5) is 0 Å². The summed E-state index contributed by atoms with van der Waals surface area (Å²) >= 11 is 0. The molecule has 1 unspecified atom stereocenters. The third-order valence-electron chi connectivity index (χ3n) is 3.11. The van der Waals surface area contributed by atoms with Crippen LogP contribution in [0.2, 0.25) is 0 Å². The van der Waals surface area contributed by atoms with E-state index in [1.807, 2.05) is 0 Å². The standard InChI is InChI=1S/C14H23NO/c1-5-6-7-13(15)12-8-10(2)11(3)9-14(12)16-4/h8-9,13H,5-7,15H2,1-4H3. The maximum Gasteiger partial charge on any atom is 0.123 e. The van der Waals surface area contributed by atoms with Crippen molar-refractivity contribution in [2.24, 2.45) is 5.73 Å². The highest BCUT2D eigenvalue weighted by Gasteiger charge is 2.12. The average molecular weight is 221 g/mol. The van der Waals surface area contributed by atoms with Crippen molar-refractivity contribution in [3.63, 3.8) is 0 Å². The van der Waals surface area contributed by atoms with E-state index < -0.39 is 0 Å². The first kappa shape index (κ1) is 13.0. The number of benzene rings is 1. The normalized spacial score (nSPS) is 12.6. The summed E-state index contributed by atoms with van der Waals surface area (Å²) in [5, 5.41) is 0. The number of nitrogens with two attached hydrogens (primary N) is 1. The molecule has 0 saturated carbocycles. The van der Waals surface area contributed by atoms with E-state index in [2.05, 4.69) is 32.9 Å². The van der Waals surface area contributed by atoms with Gasteiger partial charge in [-0.3, -0.25) is 0 Å². The minimum atomic E-state index is 0.0919. The predicted octanol–water partition coefficient (Wildman–Crippen LogP) is 3.50. The van der Waals surface area contributed by atoms with Crippen molar-refractivity contribution < 1.29 is 4.74 Å². The molecule has 0 radical (unpaired) electrons. The van der Waals surface area contributed by atoms with Gasteiger partial charge in [0.05, 0.1) is 7.11 Å². The summed E-state index contributed by atoms with van der Waals surface area (Å²) in [5.41, 5.74) is 9.87. The number of methoxy groups -OCH3 is 1. The van der Waals surface area contributed by atoms with Crippen LogP contribution < -0.4 is 10.5 Å². The Labute approximate surface area is 98.8 Å². The number of rotatable bonds is 5. The van der Waals surface area contributed by atoms with Crippen LogP contribution in [0, 0.1) is 13.8 Å². The summed E-state index contributed by atoms with van der Waals surface area (Å²) in [6, 6.07) is 4.33. The third-order valence-corrected chi connectivity index (χ3v) is 3.11. The highest BCUT2D eigenvalue weighted by Crippen LogP contribution is 2.29. The molecule has 90 valence electrons. The van der Waals surface area contributed by atoms with Gasteiger partial charge in [-0.2, -0.15) is 0 Å². The first-order valence-corrected chi connectivity index (χ1v) is 6.00. The molecule has 0 bridgehead atoms. The molecule has 16 heavy (non-hydrogen) atoms. The minimum Gasteiger partial charge on any atom is -0.496 e. The van der Waals surface area contributed by atoms with Gasteiger partial charge in [0, 0.05) is 11.6 Å². The van der Waals surface area contributed by atoms with Gasteiger partial charge in [-0.15, -0.1) is 0 Å². The molecule has 1 atom stereocenters. The van der Waals surface area contributed by atoms with E-state index in [1.165, 1.54) is 17.5 Å². The van der Waals surface area contributed by atoms with Crippen molar-refractivity contribution in [1.29, 1.82) is 0 Å². The Morgan fingerprint density at radius 1 is 1.25 bits per heavy atom. The number of hydrogen-bond acceptors (Lipinski definition) is 2. The van der Waals surface area contributed by atoms with Gasteiger partial charge in [-0.1, -0.05) is 25.8 Å². The van der Waals surface area contributed by atoms with E-state index in [-0.39, 0.29) is 6.04 Å². The molecule has 0 aromatic heterocycles. The summed E-state index contributed by atoms with van der Waals surface area (Å²) in [4.78, 5) is 0. The van der Waals surface area contributed by atoms with Gasteiger partial charge in [0.2, 0.25) is 0 Å². The van der Waals surface area contributed by atoms with Crippen molar-refractivity contribution in [2.45, 2.75) is 46.1 Å². The van der Waals surface area contributed by atoms with Gasteiger partial charge in [-0.25, -0.2) is 0 Å². The molecule has 2 N–H and O–H groups in total. The summed E-state index contributed by atoms with van der Waals surface area (Å²) in [6.45, 7) is 6.40. The molecule has 0 amide bonds. The second-order valence-corrected chi connectivity index (χ2v) is 4.43. The monoisotopic (exact) mass is 221 g/mol. The molecule has 0 aliphatic rings. The number of hydrogen-bond donors (Lipinski definition) is 1. The fourth-order valence-electron chi connectivity index (χ4n) is 1.86. The molecule has 0 aliphatic carbocycles. The molecular formula is C14H23NO. The maximum absolute atomic E-state index is 6.20. The van der Waals surface area contributed by atoms with Gasteiger partial charge in [0.25, 0.3) is 0 Å². The van der Waals surface area contributed by atoms with E-state index in [0.29, 0.717) is 0 Å². The second kappa shape index (κ2) is 5.90. The molecule has 0 fully saturated rings. The number of ether oxygens (including phenoxy) is 1. The lowest BCUT2D eigenvalue weighted by atomic mass is 9.97. The largest absolute Gasteiger partial charge is 0.496 e. The van der Waals surface area contributed by atoms with E-state index in [9.17, 15) is 0 Å². The summed E-state index contributed by atoms with van der Waals surface area (Å²) in [7, 11) is 1.71. The quantitative estimate of drug-likeness (QED) is 0.826. The first-order valence-electron chi connectivity index (χ1n) is 6.00. The van der Waals surface area contributed by atoms with Gasteiger partial charge < -0.3 is 10.5 Å². The summed E-state index contributed by atoms with van der Waals surface area (Å²) < 4.78 is 5.40. The van der Waals surface area contributed by atoms with Gasteiger partial charge in [-0.05, 0) is 37.5 Å². The van der Waals surface area contributed by atoms with Crippen LogP contribution in [0.25, 0.3) is 0 Å². The van der Waals surface area contributed by atoms with Gasteiger partial charge >= 0.3 is 0 Å². The highest BCUT2D eigenvalue weighted by molar-refractivity contribution is 5.43. The minimum absolute atomic E-state index is 0.0919. The molecule has 2 nitrogen and oxygen atoms in total. The van der Waals surface area contributed by atoms with Crippen LogP contribution in [0.5, 0.6) is 5.75 Å². The zero-order valence-electron chi connectivity index (χ0n) is 10.8. The van der Waals surface area contributed by atoms with Crippen LogP contribution >= 0.6 is 0 Å². The molecule has 0 aliphatic heterocycles. The van der Waals surface area contributed by atoms with E-state index in [4.69, 9.17) is 10.5 Å². The molecule has 0 heterocycles. The van der Waals surface area contributed by atoms with Crippen molar-refractivity contribution >= 4 is 0 Å². The van der Waals surface area contributed by atoms with Crippen molar-refractivity contribution in [3.8, 4) is 5.75 Å². The molecular weight excluding hydrogens is 198 g/mol. The fraction of sp³-hybridized carbons (Fsp3) is 0.571. The Balaban J connectivity index is 2.96. The lowest BCUT2D eigenvalue weighted by Gasteiger charge is -2.17. The number of unbranched alkanes of at least 4 members (excludes halogenated alkanes) is 1. The zero-order valence-corrected chi connectivity index (χ0v) is 10.8. The SMILES string of the molecule is CCCCC(N)c1cc(C)c(C)cc1OC. The molecule has 1 rings (SSSR count). The lowest BCUT2D eigenvalue weighted by Crippen LogP contribution is -2.12. The Morgan fingerprint density at radius 3 is 2.44 bits per heavy atom. The Bertz CT molecular complexity index is 347. The summed E-state index contributed by atoms with van der Waals surface area (Å²) in [6.07, 6.45) is 3.37. The van der Waals surface area contributed by atoms with Crippen LogP contribution in [0.3, 0.4) is 0 Å². The smallest absolute Gasteiger partial charge is 0.123 e.